The summed E-state index contributed by atoms with van der Waals surface area (Å²) >= 11 is 0. The molecule has 3 rings (SSSR count). The fraction of sp³-hybridized carbons (Fsp3) is 0.714. The molecule has 7 nitrogen and oxygen atoms in total. The molecular weight excluding hydrogens is 304 g/mol. The van der Waals surface area contributed by atoms with Gasteiger partial charge in [-0.1, -0.05) is 0 Å². The molecule has 1 N–H and O–H groups in total. The van der Waals surface area contributed by atoms with Crippen molar-refractivity contribution in [1.82, 2.24) is 19.4 Å². The lowest BCUT2D eigenvalue weighted by molar-refractivity contribution is 0.0667. The molecule has 0 radical (unpaired) electrons. The summed E-state index contributed by atoms with van der Waals surface area (Å²) in [5, 5.41) is 4.23. The summed E-state index contributed by atoms with van der Waals surface area (Å²) in [5.74, 6) is -0.0353. The van der Waals surface area contributed by atoms with Crippen LogP contribution in [0.2, 0.25) is 0 Å². The number of sulfonamides is 1. The third kappa shape index (κ3) is 2.89. The molecule has 1 aromatic rings. The van der Waals surface area contributed by atoms with E-state index in [1.165, 1.54) is 6.26 Å². The summed E-state index contributed by atoms with van der Waals surface area (Å²) in [5.41, 5.74) is 1.49. The van der Waals surface area contributed by atoms with E-state index in [2.05, 4.69) is 9.82 Å². The molecule has 1 amide bonds. The Morgan fingerprint density at radius 1 is 1.41 bits per heavy atom. The summed E-state index contributed by atoms with van der Waals surface area (Å²) in [4.78, 5) is 14.3. The lowest BCUT2D eigenvalue weighted by atomic mass is 9.92. The molecule has 1 aliphatic heterocycles. The molecule has 1 aromatic heterocycles. The average molecular weight is 326 g/mol. The van der Waals surface area contributed by atoms with Crippen LogP contribution in [0.3, 0.4) is 0 Å². The van der Waals surface area contributed by atoms with Crippen molar-refractivity contribution in [1.29, 1.82) is 0 Å². The molecule has 2 aliphatic rings. The molecule has 0 bridgehead atoms. The molecule has 1 spiro atoms. The summed E-state index contributed by atoms with van der Waals surface area (Å²) < 4.78 is 27.0. The Balaban J connectivity index is 1.60. The summed E-state index contributed by atoms with van der Waals surface area (Å²) in [6.45, 7) is 3.24. The van der Waals surface area contributed by atoms with Crippen molar-refractivity contribution in [3.63, 3.8) is 0 Å². The first-order valence-electron chi connectivity index (χ1n) is 7.47. The van der Waals surface area contributed by atoms with Crippen molar-refractivity contribution in [2.75, 3.05) is 19.3 Å². The van der Waals surface area contributed by atoms with Gasteiger partial charge in [0.15, 0.2) is 5.69 Å². The van der Waals surface area contributed by atoms with Gasteiger partial charge >= 0.3 is 0 Å². The Kier molecular flexibility index (Phi) is 3.56. The molecule has 1 unspecified atom stereocenters. The Bertz CT molecular complexity index is 682. The van der Waals surface area contributed by atoms with E-state index >= 15 is 0 Å². The van der Waals surface area contributed by atoms with Crippen LogP contribution >= 0.6 is 0 Å². The van der Waals surface area contributed by atoms with E-state index in [-0.39, 0.29) is 17.4 Å². The standard InChI is InChI=1S/C14H22N4O3S/c1-10-8-11(15-17(10)2)13(19)18-6-4-14(5-7-18)9-12(14)16-22(3,20)21/h8,12,16H,4-7,9H2,1-3H3. The molecule has 2 heterocycles. The number of amides is 1. The van der Waals surface area contributed by atoms with Crippen molar-refractivity contribution in [2.24, 2.45) is 12.5 Å². The second-order valence-corrected chi connectivity index (χ2v) is 8.38. The van der Waals surface area contributed by atoms with Crippen LogP contribution in [0.4, 0.5) is 0 Å². The van der Waals surface area contributed by atoms with Crippen LogP contribution in [-0.4, -0.2) is 54.4 Å². The van der Waals surface area contributed by atoms with Crippen molar-refractivity contribution >= 4 is 15.9 Å². The van der Waals surface area contributed by atoms with Gasteiger partial charge in [-0.3, -0.25) is 9.48 Å². The van der Waals surface area contributed by atoms with Gasteiger partial charge in [0.05, 0.1) is 6.26 Å². The predicted octanol–water partition coefficient (Wildman–Crippen LogP) is 0.272. The van der Waals surface area contributed by atoms with Gasteiger partial charge < -0.3 is 4.90 Å². The molecule has 0 aromatic carbocycles. The van der Waals surface area contributed by atoms with Crippen LogP contribution in [0.15, 0.2) is 6.07 Å². The van der Waals surface area contributed by atoms with E-state index in [0.717, 1.165) is 25.0 Å². The van der Waals surface area contributed by atoms with Crippen molar-refractivity contribution in [2.45, 2.75) is 32.2 Å². The van der Waals surface area contributed by atoms with Crippen LogP contribution in [0.1, 0.15) is 35.4 Å². The first kappa shape index (κ1) is 15.5. The Hall–Kier alpha value is -1.41. The fourth-order valence-electron chi connectivity index (χ4n) is 3.31. The van der Waals surface area contributed by atoms with E-state index in [0.29, 0.717) is 18.8 Å². The first-order chi connectivity index (χ1) is 10.2. The fourth-order valence-corrected chi connectivity index (χ4v) is 4.16. The number of aromatic nitrogens is 2. The molecule has 1 saturated heterocycles. The van der Waals surface area contributed by atoms with Gasteiger partial charge in [0, 0.05) is 31.9 Å². The lowest BCUT2D eigenvalue weighted by Crippen LogP contribution is -2.41. The number of hydrogen-bond donors (Lipinski definition) is 1. The number of aryl methyl sites for hydroxylation is 2. The number of nitrogens with zero attached hydrogens (tertiary/aromatic N) is 3. The summed E-state index contributed by atoms with van der Waals surface area (Å²) in [6, 6.07) is 1.84. The van der Waals surface area contributed by atoms with E-state index in [1.807, 2.05) is 18.9 Å². The molecule has 122 valence electrons. The van der Waals surface area contributed by atoms with Crippen LogP contribution in [-0.2, 0) is 17.1 Å². The predicted molar refractivity (Wildman–Crippen MR) is 81.9 cm³/mol. The van der Waals surface area contributed by atoms with E-state index < -0.39 is 10.0 Å². The highest BCUT2D eigenvalue weighted by molar-refractivity contribution is 7.88. The maximum Gasteiger partial charge on any atom is 0.274 e. The van der Waals surface area contributed by atoms with Gasteiger partial charge in [-0.25, -0.2) is 13.1 Å². The number of hydrogen-bond acceptors (Lipinski definition) is 4. The van der Waals surface area contributed by atoms with E-state index in [4.69, 9.17) is 0 Å². The number of carbonyl (C=O) groups excluding carboxylic acids is 1. The highest BCUT2D eigenvalue weighted by Gasteiger charge is 2.56. The number of rotatable bonds is 3. The topological polar surface area (TPSA) is 84.3 Å². The van der Waals surface area contributed by atoms with Crippen LogP contribution in [0, 0.1) is 12.3 Å². The average Bonchev–Trinajstić information content (AvgIpc) is 2.93. The van der Waals surface area contributed by atoms with E-state index in [9.17, 15) is 13.2 Å². The molecule has 2 fully saturated rings. The zero-order valence-corrected chi connectivity index (χ0v) is 14.0. The van der Waals surface area contributed by atoms with Crippen molar-refractivity contribution in [3.8, 4) is 0 Å². The number of piperidine rings is 1. The Morgan fingerprint density at radius 2 is 2.05 bits per heavy atom. The maximum atomic E-state index is 12.4. The van der Waals surface area contributed by atoms with E-state index in [1.54, 1.807) is 10.7 Å². The summed E-state index contributed by atoms with van der Waals surface area (Å²) in [6.07, 6.45) is 3.77. The zero-order chi connectivity index (χ0) is 16.1. The Morgan fingerprint density at radius 3 is 2.55 bits per heavy atom. The highest BCUT2D eigenvalue weighted by Crippen LogP contribution is 2.54. The quantitative estimate of drug-likeness (QED) is 0.864. The second-order valence-electron chi connectivity index (χ2n) is 6.60. The van der Waals surface area contributed by atoms with Crippen LogP contribution in [0.25, 0.3) is 0 Å². The second kappa shape index (κ2) is 5.06. The maximum absolute atomic E-state index is 12.4. The normalized spacial score (nSPS) is 23.8. The van der Waals surface area contributed by atoms with Crippen molar-refractivity contribution in [3.05, 3.63) is 17.5 Å². The first-order valence-corrected chi connectivity index (χ1v) is 9.37. The van der Waals surface area contributed by atoms with Gasteiger partial charge in [-0.05, 0) is 37.7 Å². The number of carbonyl (C=O) groups is 1. The van der Waals surface area contributed by atoms with Crippen molar-refractivity contribution < 1.29 is 13.2 Å². The van der Waals surface area contributed by atoms with Crippen LogP contribution < -0.4 is 4.72 Å². The third-order valence-electron chi connectivity index (χ3n) is 4.93. The third-order valence-corrected chi connectivity index (χ3v) is 5.64. The number of likely N-dealkylation sites (tertiary alicyclic amines) is 1. The highest BCUT2D eigenvalue weighted by atomic mass is 32.2. The molecule has 1 saturated carbocycles. The summed E-state index contributed by atoms with van der Waals surface area (Å²) in [7, 11) is -1.33. The minimum absolute atomic E-state index is 0.0353. The largest absolute Gasteiger partial charge is 0.337 e. The lowest BCUT2D eigenvalue weighted by Gasteiger charge is -2.32. The van der Waals surface area contributed by atoms with Gasteiger partial charge in [0.25, 0.3) is 5.91 Å². The molecule has 8 heteroatoms. The smallest absolute Gasteiger partial charge is 0.274 e. The number of nitrogens with one attached hydrogen (secondary N) is 1. The minimum atomic E-state index is -3.15. The molecular formula is C14H22N4O3S. The van der Waals surface area contributed by atoms with Gasteiger partial charge in [0.1, 0.15) is 0 Å². The zero-order valence-electron chi connectivity index (χ0n) is 13.2. The minimum Gasteiger partial charge on any atom is -0.337 e. The molecule has 1 atom stereocenters. The SMILES string of the molecule is Cc1cc(C(=O)N2CCC3(CC2)CC3NS(C)(=O)=O)nn1C. The van der Waals surface area contributed by atoms with Gasteiger partial charge in [-0.2, -0.15) is 5.10 Å². The monoisotopic (exact) mass is 326 g/mol. The van der Waals surface area contributed by atoms with Gasteiger partial charge in [-0.15, -0.1) is 0 Å². The van der Waals surface area contributed by atoms with Gasteiger partial charge in [0.2, 0.25) is 10.0 Å². The van der Waals surface area contributed by atoms with Crippen LogP contribution in [0.5, 0.6) is 0 Å². The molecule has 1 aliphatic carbocycles. The Labute approximate surface area is 130 Å². The molecule has 22 heavy (non-hydrogen) atoms.